The Morgan fingerprint density at radius 1 is 1.50 bits per heavy atom. The van der Waals surface area contributed by atoms with Gasteiger partial charge in [-0.15, -0.1) is 0 Å². The third-order valence-electron chi connectivity index (χ3n) is 2.99. The van der Waals surface area contributed by atoms with E-state index in [1.807, 2.05) is 25.4 Å². The highest BCUT2D eigenvalue weighted by Gasteiger charge is 2.29. The van der Waals surface area contributed by atoms with Crippen molar-refractivity contribution in [3.8, 4) is 0 Å². The van der Waals surface area contributed by atoms with Crippen LogP contribution in [0.15, 0.2) is 18.3 Å². The van der Waals surface area contributed by atoms with Gasteiger partial charge in [-0.1, -0.05) is 11.6 Å². The first kappa shape index (κ1) is 10.1. The van der Waals surface area contributed by atoms with Crippen LogP contribution in [0, 0.1) is 0 Å². The molecule has 0 aromatic carbocycles. The Balaban J connectivity index is 2.20. The number of imidazole rings is 1. The first-order chi connectivity index (χ1) is 7.79. The summed E-state index contributed by atoms with van der Waals surface area (Å²) >= 11 is 6.04. The topological polar surface area (TPSA) is 29.3 Å². The van der Waals surface area contributed by atoms with Crippen LogP contribution < -0.4 is 5.32 Å². The molecule has 2 aromatic rings. The van der Waals surface area contributed by atoms with Gasteiger partial charge in [0.15, 0.2) is 0 Å². The predicted molar refractivity (Wildman–Crippen MR) is 64.9 cm³/mol. The van der Waals surface area contributed by atoms with Gasteiger partial charge >= 0.3 is 0 Å². The quantitative estimate of drug-likeness (QED) is 0.886. The number of pyridine rings is 1. The van der Waals surface area contributed by atoms with Gasteiger partial charge in [0.1, 0.15) is 5.82 Å². The van der Waals surface area contributed by atoms with Crippen LogP contribution in [0.3, 0.4) is 0 Å². The molecule has 0 aliphatic heterocycles. The van der Waals surface area contributed by atoms with E-state index in [0.717, 1.165) is 17.3 Å². The van der Waals surface area contributed by atoms with E-state index in [-0.39, 0.29) is 0 Å². The summed E-state index contributed by atoms with van der Waals surface area (Å²) in [6, 6.07) is 3.97. The van der Waals surface area contributed by atoms with E-state index in [1.54, 1.807) is 0 Å². The average molecular weight is 236 g/mol. The zero-order chi connectivity index (χ0) is 11.1. The summed E-state index contributed by atoms with van der Waals surface area (Å²) in [5.74, 6) is 1.80. The van der Waals surface area contributed by atoms with Crippen molar-refractivity contribution < 1.29 is 0 Å². The van der Waals surface area contributed by atoms with Crippen LogP contribution in [-0.4, -0.2) is 16.4 Å². The lowest BCUT2D eigenvalue weighted by molar-refractivity contribution is 0.795. The molecule has 1 aliphatic rings. The van der Waals surface area contributed by atoms with Crippen LogP contribution in [0.2, 0.25) is 5.02 Å². The predicted octanol–water partition coefficient (Wildman–Crippen LogP) is 2.58. The van der Waals surface area contributed by atoms with Gasteiger partial charge in [0.05, 0.1) is 16.2 Å². The number of nitrogens with one attached hydrogen (secondary N) is 1. The molecule has 0 atom stereocenters. The molecule has 3 nitrogen and oxygen atoms in total. The van der Waals surface area contributed by atoms with Crippen LogP contribution in [0.5, 0.6) is 0 Å². The third-order valence-corrected chi connectivity index (χ3v) is 3.21. The molecule has 16 heavy (non-hydrogen) atoms. The largest absolute Gasteiger partial charge is 0.314 e. The molecule has 0 unspecified atom stereocenters. The SMILES string of the molecule is CNCc1nc(C2CC2)n2cc(Cl)ccc12. The smallest absolute Gasteiger partial charge is 0.116 e. The van der Waals surface area contributed by atoms with Crippen molar-refractivity contribution in [2.75, 3.05) is 7.05 Å². The molecule has 0 spiro atoms. The van der Waals surface area contributed by atoms with Crippen LogP contribution in [0.25, 0.3) is 5.52 Å². The summed E-state index contributed by atoms with van der Waals surface area (Å²) in [6.45, 7) is 0.803. The van der Waals surface area contributed by atoms with Crippen molar-refractivity contribution >= 4 is 17.1 Å². The number of aromatic nitrogens is 2. The summed E-state index contributed by atoms with van der Waals surface area (Å²) in [6.07, 6.45) is 4.48. The van der Waals surface area contributed by atoms with Crippen LogP contribution in [0.1, 0.15) is 30.3 Å². The molecule has 2 aromatic heterocycles. The summed E-state index contributed by atoms with van der Waals surface area (Å²) in [7, 11) is 1.94. The second-order valence-corrected chi connectivity index (χ2v) is 4.76. The Kier molecular flexibility index (Phi) is 2.37. The minimum Gasteiger partial charge on any atom is -0.314 e. The lowest BCUT2D eigenvalue weighted by Crippen LogP contribution is -2.05. The fraction of sp³-hybridized carbons (Fsp3) is 0.417. The first-order valence-electron chi connectivity index (χ1n) is 5.60. The number of halogens is 1. The molecule has 1 saturated carbocycles. The van der Waals surface area contributed by atoms with Gasteiger partial charge in [0, 0.05) is 18.7 Å². The minimum absolute atomic E-state index is 0.636. The minimum atomic E-state index is 0.636. The Morgan fingerprint density at radius 3 is 3.00 bits per heavy atom. The molecule has 2 heterocycles. The second kappa shape index (κ2) is 3.75. The fourth-order valence-corrected chi connectivity index (χ4v) is 2.24. The van der Waals surface area contributed by atoms with Crippen LogP contribution in [-0.2, 0) is 6.54 Å². The van der Waals surface area contributed by atoms with Crippen LogP contribution in [0.4, 0.5) is 0 Å². The molecule has 3 rings (SSSR count). The van der Waals surface area contributed by atoms with E-state index in [4.69, 9.17) is 16.6 Å². The summed E-state index contributed by atoms with van der Waals surface area (Å²) in [5, 5.41) is 3.92. The molecular weight excluding hydrogens is 222 g/mol. The zero-order valence-electron chi connectivity index (χ0n) is 9.20. The van der Waals surface area contributed by atoms with E-state index in [0.29, 0.717) is 5.92 Å². The van der Waals surface area contributed by atoms with E-state index in [1.165, 1.54) is 24.2 Å². The van der Waals surface area contributed by atoms with Gasteiger partial charge in [0.25, 0.3) is 0 Å². The molecule has 0 amide bonds. The molecule has 84 valence electrons. The van der Waals surface area contributed by atoms with Gasteiger partial charge in [-0.05, 0) is 32.0 Å². The highest BCUT2D eigenvalue weighted by molar-refractivity contribution is 6.30. The Morgan fingerprint density at radius 2 is 2.31 bits per heavy atom. The average Bonchev–Trinajstić information content (AvgIpc) is 3.04. The van der Waals surface area contributed by atoms with E-state index >= 15 is 0 Å². The van der Waals surface area contributed by atoms with Crippen LogP contribution >= 0.6 is 11.6 Å². The van der Waals surface area contributed by atoms with Gasteiger partial charge < -0.3 is 9.72 Å². The van der Waals surface area contributed by atoms with Gasteiger partial charge in [-0.3, -0.25) is 0 Å². The van der Waals surface area contributed by atoms with E-state index < -0.39 is 0 Å². The van der Waals surface area contributed by atoms with Crippen molar-refractivity contribution in [2.24, 2.45) is 0 Å². The number of hydrogen-bond donors (Lipinski definition) is 1. The molecule has 0 saturated heterocycles. The molecular formula is C12H14ClN3. The Hall–Kier alpha value is -1.06. The first-order valence-corrected chi connectivity index (χ1v) is 5.98. The molecule has 4 heteroatoms. The maximum atomic E-state index is 6.04. The van der Waals surface area contributed by atoms with Gasteiger partial charge in [-0.25, -0.2) is 4.98 Å². The Bertz CT molecular complexity index is 528. The number of hydrogen-bond acceptors (Lipinski definition) is 2. The molecule has 0 radical (unpaired) electrons. The fourth-order valence-electron chi connectivity index (χ4n) is 2.08. The lowest BCUT2D eigenvalue weighted by atomic mass is 10.3. The number of rotatable bonds is 3. The molecule has 1 N–H and O–H groups in total. The summed E-state index contributed by atoms with van der Waals surface area (Å²) in [4.78, 5) is 4.72. The van der Waals surface area contributed by atoms with Crippen molar-refractivity contribution in [1.29, 1.82) is 0 Å². The number of nitrogens with zero attached hydrogens (tertiary/aromatic N) is 2. The van der Waals surface area contributed by atoms with Crippen molar-refractivity contribution in [1.82, 2.24) is 14.7 Å². The molecule has 1 fully saturated rings. The molecule has 1 aliphatic carbocycles. The van der Waals surface area contributed by atoms with Crippen molar-refractivity contribution in [3.05, 3.63) is 34.9 Å². The second-order valence-electron chi connectivity index (χ2n) is 4.32. The van der Waals surface area contributed by atoms with E-state index in [9.17, 15) is 0 Å². The summed E-state index contributed by atoms with van der Waals surface area (Å²) in [5.41, 5.74) is 2.28. The van der Waals surface area contributed by atoms with Gasteiger partial charge in [0.2, 0.25) is 0 Å². The monoisotopic (exact) mass is 235 g/mol. The number of fused-ring (bicyclic) bond motifs is 1. The normalized spacial score (nSPS) is 15.9. The lowest BCUT2D eigenvalue weighted by Gasteiger charge is -1.99. The maximum Gasteiger partial charge on any atom is 0.116 e. The standard InChI is InChI=1S/C12H14ClN3/c1-14-6-10-11-5-4-9(13)7-16(11)12(15-10)8-2-3-8/h4-5,7-8,14H,2-3,6H2,1H3. The van der Waals surface area contributed by atoms with E-state index in [2.05, 4.69) is 9.72 Å². The van der Waals surface area contributed by atoms with Crippen molar-refractivity contribution in [2.45, 2.75) is 25.3 Å². The van der Waals surface area contributed by atoms with Crippen molar-refractivity contribution in [3.63, 3.8) is 0 Å². The maximum absolute atomic E-state index is 6.04. The Labute approximate surface area is 99.4 Å². The highest BCUT2D eigenvalue weighted by Crippen LogP contribution is 2.40. The molecule has 0 bridgehead atoms. The third kappa shape index (κ3) is 1.60. The highest BCUT2D eigenvalue weighted by atomic mass is 35.5. The zero-order valence-corrected chi connectivity index (χ0v) is 9.96. The van der Waals surface area contributed by atoms with Gasteiger partial charge in [-0.2, -0.15) is 0 Å². The summed E-state index contributed by atoms with van der Waals surface area (Å²) < 4.78 is 2.15.